The number of methoxy groups -OCH3 is 1. The van der Waals surface area contributed by atoms with Crippen LogP contribution in [0.4, 0.5) is 10.5 Å². The number of amides is 2. The van der Waals surface area contributed by atoms with Gasteiger partial charge in [-0.1, -0.05) is 90.5 Å². The molecular weight excluding hydrogens is 590 g/mol. The first-order chi connectivity index (χ1) is 22.0. The first-order valence-corrected chi connectivity index (χ1v) is 15.5. The Morgan fingerprint density at radius 1 is 0.867 bits per heavy atom. The number of aryl methyl sites for hydroxylation is 1. The SMILES string of the molecule is COC(=O)N[C@H](C(=O)Nc1ccccc1CCC1CNC[C@@H](COc2ccc(Cl)cc2)O1)C(c1ccccc1)c1ccccc1. The topological polar surface area (TPSA) is 97.9 Å². The van der Waals surface area contributed by atoms with Gasteiger partial charge >= 0.3 is 6.09 Å². The summed E-state index contributed by atoms with van der Waals surface area (Å²) in [5, 5.41) is 10.0. The van der Waals surface area contributed by atoms with Crippen molar-refractivity contribution in [3.63, 3.8) is 0 Å². The van der Waals surface area contributed by atoms with Gasteiger partial charge in [0.05, 0.1) is 13.2 Å². The Balaban J connectivity index is 1.27. The van der Waals surface area contributed by atoms with Crippen molar-refractivity contribution in [3.05, 3.63) is 131 Å². The highest BCUT2D eigenvalue weighted by atomic mass is 35.5. The molecule has 0 spiro atoms. The molecule has 0 saturated carbocycles. The summed E-state index contributed by atoms with van der Waals surface area (Å²) in [6, 6.07) is 33.4. The molecule has 2 amide bonds. The number of rotatable bonds is 12. The molecular formula is C36H38ClN3O5. The molecule has 1 heterocycles. The number of para-hydroxylation sites is 1. The van der Waals surface area contributed by atoms with Crippen LogP contribution in [-0.2, 0) is 20.7 Å². The summed E-state index contributed by atoms with van der Waals surface area (Å²) in [6.07, 6.45) is 0.640. The highest BCUT2D eigenvalue weighted by molar-refractivity contribution is 6.30. The number of benzene rings is 4. The molecule has 8 nitrogen and oxygen atoms in total. The lowest BCUT2D eigenvalue weighted by Gasteiger charge is -2.31. The van der Waals surface area contributed by atoms with Crippen LogP contribution in [0.2, 0.25) is 5.02 Å². The molecule has 45 heavy (non-hydrogen) atoms. The first-order valence-electron chi connectivity index (χ1n) is 15.1. The molecule has 0 aliphatic carbocycles. The van der Waals surface area contributed by atoms with Crippen molar-refractivity contribution >= 4 is 29.3 Å². The Labute approximate surface area is 269 Å². The van der Waals surface area contributed by atoms with Crippen LogP contribution in [0, 0.1) is 0 Å². The maximum Gasteiger partial charge on any atom is 0.407 e. The van der Waals surface area contributed by atoms with Crippen LogP contribution in [-0.4, -0.2) is 57.1 Å². The quantitative estimate of drug-likeness (QED) is 0.173. The summed E-state index contributed by atoms with van der Waals surface area (Å²) in [7, 11) is 1.29. The molecule has 1 aliphatic heterocycles. The molecule has 1 aliphatic rings. The van der Waals surface area contributed by atoms with Crippen molar-refractivity contribution in [3.8, 4) is 5.75 Å². The van der Waals surface area contributed by atoms with E-state index < -0.39 is 18.1 Å². The van der Waals surface area contributed by atoms with Crippen molar-refractivity contribution in [1.29, 1.82) is 0 Å². The number of morpholine rings is 1. The summed E-state index contributed by atoms with van der Waals surface area (Å²) in [5.74, 6) is -0.0514. The van der Waals surface area contributed by atoms with Crippen LogP contribution < -0.4 is 20.7 Å². The average Bonchev–Trinajstić information content (AvgIpc) is 3.08. The lowest BCUT2D eigenvalue weighted by molar-refractivity contribution is -0.118. The number of hydrogen-bond donors (Lipinski definition) is 3. The van der Waals surface area contributed by atoms with Crippen LogP contribution in [0.1, 0.15) is 29.0 Å². The molecule has 4 aromatic carbocycles. The lowest BCUT2D eigenvalue weighted by atomic mass is 9.84. The van der Waals surface area contributed by atoms with Crippen molar-refractivity contribution in [2.45, 2.75) is 37.0 Å². The van der Waals surface area contributed by atoms with Crippen LogP contribution in [0.5, 0.6) is 5.75 Å². The van der Waals surface area contributed by atoms with E-state index >= 15 is 0 Å². The smallest absolute Gasteiger partial charge is 0.407 e. The predicted octanol–water partition coefficient (Wildman–Crippen LogP) is 6.20. The molecule has 4 aromatic rings. The van der Waals surface area contributed by atoms with Crippen LogP contribution in [0.3, 0.4) is 0 Å². The Morgan fingerprint density at radius 2 is 1.49 bits per heavy atom. The Bertz CT molecular complexity index is 1480. The van der Waals surface area contributed by atoms with Crippen LogP contribution in [0.25, 0.3) is 0 Å². The molecule has 3 N–H and O–H groups in total. The normalized spacial score (nSPS) is 16.9. The first kappa shape index (κ1) is 32.0. The number of nitrogens with one attached hydrogen (secondary N) is 3. The Kier molecular flexibility index (Phi) is 11.5. The minimum absolute atomic E-state index is 0.0180. The van der Waals surface area contributed by atoms with Crippen molar-refractivity contribution in [2.75, 3.05) is 32.1 Å². The molecule has 0 radical (unpaired) electrons. The van der Waals surface area contributed by atoms with Crippen molar-refractivity contribution in [1.82, 2.24) is 10.6 Å². The minimum Gasteiger partial charge on any atom is -0.491 e. The van der Waals surface area contributed by atoms with Gasteiger partial charge in [0.25, 0.3) is 0 Å². The molecule has 1 saturated heterocycles. The molecule has 0 aromatic heterocycles. The van der Waals surface area contributed by atoms with E-state index in [1.54, 1.807) is 12.1 Å². The Morgan fingerprint density at radius 3 is 2.16 bits per heavy atom. The zero-order chi connectivity index (χ0) is 31.4. The average molecular weight is 628 g/mol. The van der Waals surface area contributed by atoms with Gasteiger partial charge in [-0.2, -0.15) is 0 Å². The second-order valence-electron chi connectivity index (χ2n) is 10.9. The number of hydrogen-bond acceptors (Lipinski definition) is 6. The standard InChI is InChI=1S/C36H38ClN3O5/c1-43-36(42)40-34(33(26-11-4-2-5-12-26)27-13-6-3-7-14-27)35(41)39-32-15-9-8-10-25(32)16-19-30-22-38-23-31(45-30)24-44-29-20-17-28(37)18-21-29/h2-15,17-18,20-21,30-31,33-34,38H,16,19,22-24H2,1H3,(H,39,41)(H,40,42)/t30?,31-,34-/m0/s1. The van der Waals surface area contributed by atoms with E-state index in [0.29, 0.717) is 30.3 Å². The molecule has 0 bridgehead atoms. The van der Waals surface area contributed by atoms with Gasteiger partial charge in [-0.15, -0.1) is 0 Å². The number of halogens is 1. The van der Waals surface area contributed by atoms with E-state index in [4.69, 9.17) is 25.8 Å². The van der Waals surface area contributed by atoms with E-state index in [0.717, 1.165) is 35.4 Å². The number of carbonyl (C=O) groups is 2. The molecule has 5 rings (SSSR count). The lowest BCUT2D eigenvalue weighted by Crippen LogP contribution is -2.48. The maximum atomic E-state index is 14.0. The summed E-state index contributed by atoms with van der Waals surface area (Å²) in [5.41, 5.74) is 3.45. The number of anilines is 1. The van der Waals surface area contributed by atoms with Gasteiger partial charge in [0, 0.05) is 29.7 Å². The second-order valence-corrected chi connectivity index (χ2v) is 11.3. The monoisotopic (exact) mass is 627 g/mol. The van der Waals surface area contributed by atoms with Gasteiger partial charge in [0.1, 0.15) is 24.5 Å². The number of ether oxygens (including phenoxy) is 3. The summed E-state index contributed by atoms with van der Waals surface area (Å²) < 4.78 is 17.2. The number of carbonyl (C=O) groups excluding carboxylic acids is 2. The summed E-state index contributed by atoms with van der Waals surface area (Å²) in [6.45, 7) is 1.86. The highest BCUT2D eigenvalue weighted by Crippen LogP contribution is 2.30. The molecule has 3 atom stereocenters. The van der Waals surface area contributed by atoms with Crippen molar-refractivity contribution in [2.24, 2.45) is 0 Å². The van der Waals surface area contributed by atoms with Gasteiger partial charge < -0.3 is 30.2 Å². The summed E-state index contributed by atoms with van der Waals surface area (Å²) >= 11 is 5.97. The van der Waals surface area contributed by atoms with Crippen LogP contribution in [0.15, 0.2) is 109 Å². The van der Waals surface area contributed by atoms with E-state index in [1.807, 2.05) is 97.1 Å². The van der Waals surface area contributed by atoms with Crippen LogP contribution >= 0.6 is 11.6 Å². The van der Waals surface area contributed by atoms with Crippen molar-refractivity contribution < 1.29 is 23.8 Å². The fraction of sp³-hybridized carbons (Fsp3) is 0.278. The van der Waals surface area contributed by atoms with E-state index in [1.165, 1.54) is 7.11 Å². The third-order valence-corrected chi connectivity index (χ3v) is 8.03. The predicted molar refractivity (Wildman–Crippen MR) is 176 cm³/mol. The molecule has 1 fully saturated rings. The molecule has 9 heteroatoms. The zero-order valence-corrected chi connectivity index (χ0v) is 25.9. The largest absolute Gasteiger partial charge is 0.491 e. The maximum absolute atomic E-state index is 14.0. The summed E-state index contributed by atoms with van der Waals surface area (Å²) in [4.78, 5) is 26.5. The zero-order valence-electron chi connectivity index (χ0n) is 25.2. The van der Waals surface area contributed by atoms with Gasteiger partial charge in [-0.3, -0.25) is 4.79 Å². The second kappa shape index (κ2) is 16.1. The Hall–Kier alpha value is -4.37. The van der Waals surface area contributed by atoms with Gasteiger partial charge in [-0.25, -0.2) is 4.79 Å². The fourth-order valence-corrected chi connectivity index (χ4v) is 5.66. The highest BCUT2D eigenvalue weighted by Gasteiger charge is 2.33. The van der Waals surface area contributed by atoms with Gasteiger partial charge in [0.2, 0.25) is 5.91 Å². The minimum atomic E-state index is -0.942. The molecule has 234 valence electrons. The van der Waals surface area contributed by atoms with E-state index in [-0.39, 0.29) is 18.1 Å². The fourth-order valence-electron chi connectivity index (χ4n) is 5.53. The third-order valence-electron chi connectivity index (χ3n) is 7.78. The third kappa shape index (κ3) is 9.08. The number of alkyl carbamates (subject to hydrolysis) is 1. The van der Waals surface area contributed by atoms with E-state index in [2.05, 4.69) is 16.0 Å². The van der Waals surface area contributed by atoms with Gasteiger partial charge in [0.15, 0.2) is 0 Å². The van der Waals surface area contributed by atoms with E-state index in [9.17, 15) is 9.59 Å². The van der Waals surface area contributed by atoms with Gasteiger partial charge in [-0.05, 0) is 59.9 Å². The molecule has 1 unspecified atom stereocenters.